The summed E-state index contributed by atoms with van der Waals surface area (Å²) in [6, 6.07) is 10.8. The predicted molar refractivity (Wildman–Crippen MR) is 92.1 cm³/mol. The minimum atomic E-state index is -0.356. The van der Waals surface area contributed by atoms with E-state index in [2.05, 4.69) is 15.3 Å². The Morgan fingerprint density at radius 2 is 1.80 bits per heavy atom. The van der Waals surface area contributed by atoms with Gasteiger partial charge in [-0.3, -0.25) is 0 Å². The first-order valence-electron chi connectivity index (χ1n) is 7.47. The van der Waals surface area contributed by atoms with Crippen LogP contribution in [0.15, 0.2) is 42.5 Å². The van der Waals surface area contributed by atoms with E-state index in [0.29, 0.717) is 32.8 Å². The molecule has 0 fully saturated rings. The standard InChI is InChI=1S/C17H11ClF2N4S/c18-13-2-1-3-14(20)12(13)9-16-23-24-15(21-22-17(24)25-16)8-10-4-6-11(19)7-5-10/h1-7H,8-9H2. The third-order valence-corrected chi connectivity index (χ3v) is 5.02. The van der Waals surface area contributed by atoms with Crippen molar-refractivity contribution in [3.8, 4) is 0 Å². The molecule has 4 nitrogen and oxygen atoms in total. The molecule has 25 heavy (non-hydrogen) atoms. The molecule has 0 bridgehead atoms. The van der Waals surface area contributed by atoms with Gasteiger partial charge in [0, 0.05) is 23.4 Å². The van der Waals surface area contributed by atoms with Crippen molar-refractivity contribution in [2.24, 2.45) is 0 Å². The molecule has 0 spiro atoms. The summed E-state index contributed by atoms with van der Waals surface area (Å²) in [5, 5.41) is 13.8. The molecule has 126 valence electrons. The van der Waals surface area contributed by atoms with E-state index in [1.165, 1.54) is 29.5 Å². The summed E-state index contributed by atoms with van der Waals surface area (Å²) in [6.45, 7) is 0. The average molecular weight is 377 g/mol. The van der Waals surface area contributed by atoms with Crippen LogP contribution in [0, 0.1) is 11.6 Å². The van der Waals surface area contributed by atoms with Crippen LogP contribution in [0.5, 0.6) is 0 Å². The Kier molecular flexibility index (Phi) is 4.19. The van der Waals surface area contributed by atoms with Crippen molar-refractivity contribution >= 4 is 27.9 Å². The summed E-state index contributed by atoms with van der Waals surface area (Å²) < 4.78 is 28.6. The van der Waals surface area contributed by atoms with Crippen LogP contribution in [0.25, 0.3) is 4.96 Å². The van der Waals surface area contributed by atoms with Crippen LogP contribution in [0.4, 0.5) is 8.78 Å². The number of hydrogen-bond acceptors (Lipinski definition) is 4. The van der Waals surface area contributed by atoms with E-state index in [9.17, 15) is 8.78 Å². The minimum absolute atomic E-state index is 0.284. The number of hydrogen-bond donors (Lipinski definition) is 0. The van der Waals surface area contributed by atoms with Crippen LogP contribution in [0.3, 0.4) is 0 Å². The SMILES string of the molecule is Fc1ccc(Cc2nnc3sc(Cc4c(F)cccc4Cl)nn23)cc1. The van der Waals surface area contributed by atoms with Gasteiger partial charge in [0.15, 0.2) is 5.82 Å². The number of rotatable bonds is 4. The maximum atomic E-state index is 13.9. The Hall–Kier alpha value is -2.38. The summed E-state index contributed by atoms with van der Waals surface area (Å²) in [4.78, 5) is 0.625. The van der Waals surface area contributed by atoms with Gasteiger partial charge < -0.3 is 0 Å². The summed E-state index contributed by atoms with van der Waals surface area (Å²) in [7, 11) is 0. The van der Waals surface area contributed by atoms with E-state index < -0.39 is 0 Å². The first kappa shape index (κ1) is 16.1. The summed E-state index contributed by atoms with van der Waals surface area (Å²) in [5.74, 6) is 0.00147. The topological polar surface area (TPSA) is 43.1 Å². The van der Waals surface area contributed by atoms with Gasteiger partial charge in [-0.2, -0.15) is 9.61 Å². The highest BCUT2D eigenvalue weighted by Gasteiger charge is 2.15. The molecule has 0 saturated carbocycles. The number of fused-ring (bicyclic) bond motifs is 1. The van der Waals surface area contributed by atoms with E-state index in [-0.39, 0.29) is 18.1 Å². The molecule has 0 aliphatic rings. The van der Waals surface area contributed by atoms with E-state index in [1.807, 2.05) is 0 Å². The van der Waals surface area contributed by atoms with Gasteiger partial charge in [0.1, 0.15) is 16.6 Å². The van der Waals surface area contributed by atoms with Crippen LogP contribution in [-0.2, 0) is 12.8 Å². The zero-order chi connectivity index (χ0) is 17.4. The van der Waals surface area contributed by atoms with Gasteiger partial charge in [-0.15, -0.1) is 10.2 Å². The molecular formula is C17H11ClF2N4S. The maximum absolute atomic E-state index is 13.9. The van der Waals surface area contributed by atoms with Gasteiger partial charge in [-0.1, -0.05) is 41.1 Å². The number of nitrogens with zero attached hydrogens (tertiary/aromatic N) is 4. The van der Waals surface area contributed by atoms with Crippen LogP contribution in [-0.4, -0.2) is 19.8 Å². The van der Waals surface area contributed by atoms with Gasteiger partial charge in [0.05, 0.1) is 0 Å². The fraction of sp³-hybridized carbons (Fsp3) is 0.118. The second kappa shape index (κ2) is 6.50. The molecule has 4 aromatic rings. The Labute approximate surface area is 150 Å². The molecule has 0 atom stereocenters. The van der Waals surface area contributed by atoms with E-state index >= 15 is 0 Å². The second-order valence-corrected chi connectivity index (χ2v) is 6.93. The normalized spacial score (nSPS) is 11.3. The Morgan fingerprint density at radius 1 is 1.00 bits per heavy atom. The number of aromatic nitrogens is 4. The molecular weight excluding hydrogens is 366 g/mol. The fourth-order valence-corrected chi connectivity index (χ4v) is 3.61. The first-order valence-corrected chi connectivity index (χ1v) is 8.67. The van der Waals surface area contributed by atoms with Crippen molar-refractivity contribution in [3.05, 3.63) is 81.1 Å². The third-order valence-electron chi connectivity index (χ3n) is 3.76. The highest BCUT2D eigenvalue weighted by atomic mass is 35.5. The molecule has 8 heteroatoms. The molecule has 2 heterocycles. The van der Waals surface area contributed by atoms with Crippen molar-refractivity contribution in [2.75, 3.05) is 0 Å². The van der Waals surface area contributed by atoms with Gasteiger partial charge in [-0.25, -0.2) is 8.78 Å². The van der Waals surface area contributed by atoms with Crippen LogP contribution >= 0.6 is 22.9 Å². The largest absolute Gasteiger partial charge is 0.234 e. The Bertz CT molecular complexity index is 1020. The van der Waals surface area contributed by atoms with Crippen molar-refractivity contribution in [1.82, 2.24) is 19.8 Å². The predicted octanol–water partition coefficient (Wildman–Crippen LogP) is 4.30. The zero-order valence-electron chi connectivity index (χ0n) is 12.8. The quantitative estimate of drug-likeness (QED) is 0.533. The lowest BCUT2D eigenvalue weighted by Gasteiger charge is -2.02. The van der Waals surface area contributed by atoms with E-state index in [4.69, 9.17) is 11.6 Å². The summed E-state index contributed by atoms with van der Waals surface area (Å²) >= 11 is 7.41. The Morgan fingerprint density at radius 3 is 2.56 bits per heavy atom. The van der Waals surface area contributed by atoms with Crippen molar-refractivity contribution in [2.45, 2.75) is 12.8 Å². The van der Waals surface area contributed by atoms with Gasteiger partial charge in [0.2, 0.25) is 4.96 Å². The second-order valence-electron chi connectivity index (χ2n) is 5.49. The van der Waals surface area contributed by atoms with Crippen molar-refractivity contribution in [3.63, 3.8) is 0 Å². The van der Waals surface area contributed by atoms with Gasteiger partial charge in [0.25, 0.3) is 0 Å². The van der Waals surface area contributed by atoms with Gasteiger partial charge >= 0.3 is 0 Å². The lowest BCUT2D eigenvalue weighted by atomic mass is 10.1. The first-order chi connectivity index (χ1) is 12.1. The minimum Gasteiger partial charge on any atom is -0.207 e. The number of benzene rings is 2. The van der Waals surface area contributed by atoms with Crippen LogP contribution in [0.1, 0.15) is 22.0 Å². The monoisotopic (exact) mass is 376 g/mol. The molecule has 2 aromatic carbocycles. The highest BCUT2D eigenvalue weighted by Crippen LogP contribution is 2.25. The van der Waals surface area contributed by atoms with Crippen LogP contribution in [0.2, 0.25) is 5.02 Å². The average Bonchev–Trinajstić information content (AvgIpc) is 3.15. The molecule has 0 aliphatic carbocycles. The zero-order valence-corrected chi connectivity index (χ0v) is 14.4. The maximum Gasteiger partial charge on any atom is 0.234 e. The fourth-order valence-electron chi connectivity index (χ4n) is 2.52. The van der Waals surface area contributed by atoms with Crippen molar-refractivity contribution < 1.29 is 8.78 Å². The highest BCUT2D eigenvalue weighted by molar-refractivity contribution is 7.16. The van der Waals surface area contributed by atoms with Crippen molar-refractivity contribution in [1.29, 1.82) is 0 Å². The molecule has 0 radical (unpaired) electrons. The summed E-state index contributed by atoms with van der Waals surface area (Å²) in [5.41, 5.74) is 1.32. The molecule has 0 aliphatic heterocycles. The van der Waals surface area contributed by atoms with E-state index in [1.54, 1.807) is 28.8 Å². The summed E-state index contributed by atoms with van der Waals surface area (Å²) in [6.07, 6.45) is 0.764. The van der Waals surface area contributed by atoms with Crippen LogP contribution < -0.4 is 0 Å². The van der Waals surface area contributed by atoms with E-state index in [0.717, 1.165) is 5.56 Å². The number of halogens is 3. The van der Waals surface area contributed by atoms with Gasteiger partial charge in [-0.05, 0) is 29.8 Å². The lowest BCUT2D eigenvalue weighted by molar-refractivity contribution is 0.613. The molecule has 4 rings (SSSR count). The molecule has 0 saturated heterocycles. The molecule has 2 aromatic heterocycles. The lowest BCUT2D eigenvalue weighted by Crippen LogP contribution is -2.00. The Balaban J connectivity index is 1.63. The smallest absolute Gasteiger partial charge is 0.207 e. The third kappa shape index (κ3) is 3.25. The molecule has 0 unspecified atom stereocenters. The molecule has 0 amide bonds. The molecule has 0 N–H and O–H groups in total.